The molecule has 0 saturated heterocycles. The van der Waals surface area contributed by atoms with Crippen LogP contribution >= 0.6 is 0 Å². The fraction of sp³-hybridized carbons (Fsp3) is 0.423. The first kappa shape index (κ1) is 23.1. The molecule has 0 atom stereocenters. The molecule has 174 valence electrons. The van der Waals surface area contributed by atoms with Crippen molar-refractivity contribution in [1.29, 1.82) is 0 Å². The van der Waals surface area contributed by atoms with E-state index in [1.807, 2.05) is 24.3 Å². The molecule has 0 saturated carbocycles. The van der Waals surface area contributed by atoms with Crippen molar-refractivity contribution in [1.82, 2.24) is 19.9 Å². The first-order valence-corrected chi connectivity index (χ1v) is 11.6. The highest BCUT2D eigenvalue weighted by Gasteiger charge is 2.23. The standard InChI is InChI=1S/C26H33N5O2/c1-19(2)33-16-4-12-28-26-23-18-31(17-20-5-7-22(32-3)8-6-20)15-11-24(23)29-25(30-26)21-9-13-27-14-10-21/h5-10,13-14,19H,4,11-12,15-18H2,1-3H3,(H,28,29,30). The van der Waals surface area contributed by atoms with Crippen LogP contribution in [0, 0.1) is 0 Å². The lowest BCUT2D eigenvalue weighted by atomic mass is 10.0. The largest absolute Gasteiger partial charge is 0.497 e. The molecule has 4 rings (SSSR count). The second kappa shape index (κ2) is 11.2. The number of hydrogen-bond donors (Lipinski definition) is 1. The summed E-state index contributed by atoms with van der Waals surface area (Å²) < 4.78 is 11.0. The van der Waals surface area contributed by atoms with Gasteiger partial charge in [0.2, 0.25) is 0 Å². The van der Waals surface area contributed by atoms with E-state index < -0.39 is 0 Å². The minimum atomic E-state index is 0.251. The Labute approximate surface area is 196 Å². The van der Waals surface area contributed by atoms with Crippen LogP contribution in [-0.4, -0.2) is 52.8 Å². The molecule has 0 radical (unpaired) electrons. The van der Waals surface area contributed by atoms with E-state index in [0.29, 0.717) is 0 Å². The average molecular weight is 448 g/mol. The topological polar surface area (TPSA) is 72.4 Å². The summed E-state index contributed by atoms with van der Waals surface area (Å²) in [6, 6.07) is 12.2. The fourth-order valence-corrected chi connectivity index (χ4v) is 3.97. The third kappa shape index (κ3) is 6.27. The average Bonchev–Trinajstić information content (AvgIpc) is 2.84. The van der Waals surface area contributed by atoms with Gasteiger partial charge in [0, 0.05) is 62.7 Å². The van der Waals surface area contributed by atoms with Crippen molar-refractivity contribution in [3.05, 3.63) is 65.6 Å². The number of nitrogens with one attached hydrogen (secondary N) is 1. The first-order chi connectivity index (χ1) is 16.1. The van der Waals surface area contributed by atoms with E-state index in [1.165, 1.54) is 11.1 Å². The molecular weight excluding hydrogens is 414 g/mol. The maximum absolute atomic E-state index is 5.69. The highest BCUT2D eigenvalue weighted by atomic mass is 16.5. The predicted octanol–water partition coefficient (Wildman–Crippen LogP) is 4.33. The van der Waals surface area contributed by atoms with Gasteiger partial charge in [0.05, 0.1) is 18.9 Å². The number of hydrogen-bond acceptors (Lipinski definition) is 7. The Balaban J connectivity index is 1.52. The molecule has 0 fully saturated rings. The van der Waals surface area contributed by atoms with Gasteiger partial charge in [-0.25, -0.2) is 9.97 Å². The zero-order valence-electron chi connectivity index (χ0n) is 19.8. The van der Waals surface area contributed by atoms with E-state index in [1.54, 1.807) is 19.5 Å². The summed E-state index contributed by atoms with van der Waals surface area (Å²) >= 11 is 0. The monoisotopic (exact) mass is 447 g/mol. The molecule has 2 aromatic heterocycles. The van der Waals surface area contributed by atoms with E-state index in [0.717, 1.165) is 74.3 Å². The van der Waals surface area contributed by atoms with Gasteiger partial charge < -0.3 is 14.8 Å². The smallest absolute Gasteiger partial charge is 0.161 e. The summed E-state index contributed by atoms with van der Waals surface area (Å²) in [5.41, 5.74) is 4.58. The molecule has 3 aromatic rings. The van der Waals surface area contributed by atoms with Gasteiger partial charge in [-0.15, -0.1) is 0 Å². The van der Waals surface area contributed by atoms with Crippen molar-refractivity contribution in [3.63, 3.8) is 0 Å². The zero-order chi connectivity index (χ0) is 23.0. The summed E-state index contributed by atoms with van der Waals surface area (Å²) in [5.74, 6) is 2.56. The minimum absolute atomic E-state index is 0.251. The van der Waals surface area contributed by atoms with Crippen LogP contribution in [0.15, 0.2) is 48.8 Å². The van der Waals surface area contributed by atoms with Gasteiger partial charge >= 0.3 is 0 Å². The molecule has 1 aromatic carbocycles. The number of rotatable bonds is 10. The molecule has 33 heavy (non-hydrogen) atoms. The third-order valence-electron chi connectivity index (χ3n) is 5.71. The second-order valence-corrected chi connectivity index (χ2v) is 8.57. The van der Waals surface area contributed by atoms with Crippen molar-refractivity contribution >= 4 is 5.82 Å². The molecule has 0 bridgehead atoms. The number of methoxy groups -OCH3 is 1. The molecule has 0 unspecified atom stereocenters. The van der Waals surface area contributed by atoms with Crippen LogP contribution in [0.2, 0.25) is 0 Å². The third-order valence-corrected chi connectivity index (χ3v) is 5.71. The van der Waals surface area contributed by atoms with E-state index >= 15 is 0 Å². The van der Waals surface area contributed by atoms with Crippen LogP contribution in [0.5, 0.6) is 5.75 Å². The Morgan fingerprint density at radius 2 is 1.85 bits per heavy atom. The van der Waals surface area contributed by atoms with E-state index in [9.17, 15) is 0 Å². The molecule has 1 aliphatic rings. The van der Waals surface area contributed by atoms with Crippen molar-refractivity contribution in [2.75, 3.05) is 32.1 Å². The summed E-state index contributed by atoms with van der Waals surface area (Å²) in [7, 11) is 1.69. The molecular formula is C26H33N5O2. The highest BCUT2D eigenvalue weighted by Crippen LogP contribution is 2.28. The number of pyridine rings is 1. The van der Waals surface area contributed by atoms with Gasteiger partial charge in [0.15, 0.2) is 5.82 Å². The van der Waals surface area contributed by atoms with Crippen LogP contribution in [-0.2, 0) is 24.2 Å². The van der Waals surface area contributed by atoms with Crippen LogP contribution < -0.4 is 10.1 Å². The molecule has 1 N–H and O–H groups in total. The Morgan fingerprint density at radius 1 is 1.06 bits per heavy atom. The lowest BCUT2D eigenvalue weighted by molar-refractivity contribution is 0.0787. The predicted molar refractivity (Wildman–Crippen MR) is 130 cm³/mol. The normalized spacial score (nSPS) is 13.7. The Morgan fingerprint density at radius 3 is 2.58 bits per heavy atom. The van der Waals surface area contributed by atoms with E-state index in [2.05, 4.69) is 41.2 Å². The Kier molecular flexibility index (Phi) is 7.86. The second-order valence-electron chi connectivity index (χ2n) is 8.57. The lowest BCUT2D eigenvalue weighted by Gasteiger charge is -2.30. The van der Waals surface area contributed by atoms with Crippen LogP contribution in [0.3, 0.4) is 0 Å². The van der Waals surface area contributed by atoms with Crippen molar-refractivity contribution in [2.24, 2.45) is 0 Å². The number of benzene rings is 1. The molecule has 1 aliphatic heterocycles. The number of nitrogens with zero attached hydrogens (tertiary/aromatic N) is 4. The molecule has 3 heterocycles. The number of aromatic nitrogens is 3. The summed E-state index contributed by atoms with van der Waals surface area (Å²) in [4.78, 5) is 16.4. The molecule has 0 spiro atoms. The van der Waals surface area contributed by atoms with Gasteiger partial charge in [-0.05, 0) is 50.1 Å². The van der Waals surface area contributed by atoms with Gasteiger partial charge in [0.25, 0.3) is 0 Å². The summed E-state index contributed by atoms with van der Waals surface area (Å²) in [5, 5.41) is 3.57. The molecule has 7 nitrogen and oxygen atoms in total. The van der Waals surface area contributed by atoms with Crippen molar-refractivity contribution < 1.29 is 9.47 Å². The highest BCUT2D eigenvalue weighted by molar-refractivity contribution is 5.59. The van der Waals surface area contributed by atoms with Gasteiger partial charge in [-0.1, -0.05) is 12.1 Å². The maximum atomic E-state index is 5.69. The van der Waals surface area contributed by atoms with Gasteiger partial charge in [-0.3, -0.25) is 9.88 Å². The molecule has 0 amide bonds. The minimum Gasteiger partial charge on any atom is -0.497 e. The fourth-order valence-electron chi connectivity index (χ4n) is 3.97. The van der Waals surface area contributed by atoms with E-state index in [4.69, 9.17) is 19.4 Å². The number of anilines is 1. The van der Waals surface area contributed by atoms with Crippen LogP contribution in [0.25, 0.3) is 11.4 Å². The molecule has 0 aliphatic carbocycles. The Bertz CT molecular complexity index is 1020. The molecule has 7 heteroatoms. The van der Waals surface area contributed by atoms with E-state index in [-0.39, 0.29) is 6.10 Å². The first-order valence-electron chi connectivity index (χ1n) is 11.6. The number of ether oxygens (including phenoxy) is 2. The van der Waals surface area contributed by atoms with Gasteiger partial charge in [0.1, 0.15) is 11.6 Å². The van der Waals surface area contributed by atoms with Crippen LogP contribution in [0.4, 0.5) is 5.82 Å². The SMILES string of the molecule is COc1ccc(CN2CCc3nc(-c4ccncc4)nc(NCCCOC(C)C)c3C2)cc1. The number of fused-ring (bicyclic) bond motifs is 1. The maximum Gasteiger partial charge on any atom is 0.161 e. The summed E-state index contributed by atoms with van der Waals surface area (Å²) in [6.07, 6.45) is 5.64. The van der Waals surface area contributed by atoms with Crippen molar-refractivity contribution in [2.45, 2.75) is 45.9 Å². The quantitative estimate of drug-likeness (QED) is 0.464. The Hall–Kier alpha value is -3.03. The summed E-state index contributed by atoms with van der Waals surface area (Å²) in [6.45, 7) is 8.34. The lowest BCUT2D eigenvalue weighted by Crippen LogP contribution is -2.32. The zero-order valence-corrected chi connectivity index (χ0v) is 19.8. The van der Waals surface area contributed by atoms with Crippen LogP contribution in [0.1, 0.15) is 37.1 Å². The van der Waals surface area contributed by atoms with Gasteiger partial charge in [-0.2, -0.15) is 0 Å². The van der Waals surface area contributed by atoms with Crippen molar-refractivity contribution in [3.8, 4) is 17.1 Å².